The van der Waals surface area contributed by atoms with Crippen molar-refractivity contribution in [3.05, 3.63) is 95.9 Å². The molecule has 196 valence electrons. The molecule has 2 heterocycles. The van der Waals surface area contributed by atoms with Crippen molar-refractivity contribution in [2.45, 2.75) is 11.1 Å². The second kappa shape index (κ2) is 10.5. The molecule has 1 aliphatic heterocycles. The smallest absolute Gasteiger partial charge is 0.355 e. The number of carbonyl (C=O) groups is 1. The molecule has 1 aliphatic rings. The van der Waals surface area contributed by atoms with E-state index in [2.05, 4.69) is 10.3 Å². The van der Waals surface area contributed by atoms with Gasteiger partial charge in [0.2, 0.25) is 0 Å². The van der Waals surface area contributed by atoms with E-state index in [-0.39, 0.29) is 11.4 Å². The maximum absolute atomic E-state index is 13.1. The number of rotatable bonds is 5. The van der Waals surface area contributed by atoms with Gasteiger partial charge in [0.05, 0.1) is 16.0 Å². The van der Waals surface area contributed by atoms with E-state index in [0.717, 1.165) is 12.1 Å². The lowest BCUT2D eigenvalue weighted by Gasteiger charge is -2.33. The Bertz CT molecular complexity index is 1490. The molecule has 1 fully saturated rings. The molecule has 0 spiro atoms. The van der Waals surface area contributed by atoms with Crippen molar-refractivity contribution in [3.8, 4) is 0 Å². The average molecular weight is 543 g/mol. The van der Waals surface area contributed by atoms with Crippen LogP contribution in [-0.4, -0.2) is 50.5 Å². The second-order valence-corrected chi connectivity index (χ2v) is 10.2. The molecule has 0 bridgehead atoms. The monoisotopic (exact) mass is 542 g/mol. The summed E-state index contributed by atoms with van der Waals surface area (Å²) in [5, 5.41) is 3.72. The number of benzene rings is 3. The number of pyridine rings is 1. The van der Waals surface area contributed by atoms with Crippen LogP contribution >= 0.6 is 0 Å². The zero-order valence-electron chi connectivity index (χ0n) is 19.9. The largest absolute Gasteiger partial charge is 0.416 e. The summed E-state index contributed by atoms with van der Waals surface area (Å²) in [5.74, 6) is -0.547. The van der Waals surface area contributed by atoms with Crippen molar-refractivity contribution in [2.75, 3.05) is 31.5 Å². The average Bonchev–Trinajstić information content (AvgIpc) is 2.92. The fourth-order valence-electron chi connectivity index (χ4n) is 4.22. The van der Waals surface area contributed by atoms with Crippen LogP contribution in [0.15, 0.2) is 83.9 Å². The normalized spacial score (nSPS) is 15.4. The predicted octanol–water partition coefficient (Wildman–Crippen LogP) is 5.62. The minimum Gasteiger partial charge on any atom is -0.355 e. The van der Waals surface area contributed by atoms with Gasteiger partial charge in [-0.2, -0.15) is 13.2 Å². The molecule has 0 aliphatic carbocycles. The highest BCUT2D eigenvalue weighted by molar-refractivity contribution is 7.82. The number of alkyl halides is 3. The molecule has 1 saturated heterocycles. The van der Waals surface area contributed by atoms with Crippen LogP contribution in [-0.2, 0) is 17.2 Å². The highest BCUT2D eigenvalue weighted by Gasteiger charge is 2.30. The van der Waals surface area contributed by atoms with E-state index in [1.807, 2.05) is 0 Å². The number of halogens is 4. The molecule has 0 saturated carbocycles. The molecule has 1 unspecified atom stereocenters. The highest BCUT2D eigenvalue weighted by Crippen LogP contribution is 2.33. The summed E-state index contributed by atoms with van der Waals surface area (Å²) in [6.45, 7) is 1.63. The standard InChI is InChI=1S/C27H22F4N4O2S/c28-20-4-8-22(9-5-20)38(37)35-15-13-34(14-16-35)26(36)18-1-6-21(7-2-18)33-24-11-12-32-25-17-19(27(29,30)31)3-10-23(24)25/h1-12,17H,13-16H2,(H,32,33). The van der Waals surface area contributed by atoms with Gasteiger partial charge in [0.15, 0.2) is 0 Å². The summed E-state index contributed by atoms with van der Waals surface area (Å²) >= 11 is 0. The van der Waals surface area contributed by atoms with Crippen molar-refractivity contribution in [2.24, 2.45) is 0 Å². The third-order valence-corrected chi connectivity index (χ3v) is 7.77. The molecule has 1 amide bonds. The van der Waals surface area contributed by atoms with E-state index >= 15 is 0 Å². The molecule has 11 heteroatoms. The first-order chi connectivity index (χ1) is 18.2. The number of aromatic nitrogens is 1. The Balaban J connectivity index is 1.22. The van der Waals surface area contributed by atoms with Crippen LogP contribution < -0.4 is 5.32 Å². The van der Waals surface area contributed by atoms with Gasteiger partial charge in [-0.05, 0) is 66.7 Å². The summed E-state index contributed by atoms with van der Waals surface area (Å²) in [4.78, 5) is 19.3. The Labute approximate surface area is 218 Å². The lowest BCUT2D eigenvalue weighted by atomic mass is 10.1. The maximum atomic E-state index is 13.1. The van der Waals surface area contributed by atoms with Gasteiger partial charge in [0.25, 0.3) is 5.91 Å². The summed E-state index contributed by atoms with van der Waals surface area (Å²) in [5.41, 5.74) is 1.19. The fourth-order valence-corrected chi connectivity index (χ4v) is 5.39. The minimum absolute atomic E-state index is 0.155. The molecule has 38 heavy (non-hydrogen) atoms. The van der Waals surface area contributed by atoms with Gasteiger partial charge in [0.1, 0.15) is 16.8 Å². The molecule has 1 atom stereocenters. The van der Waals surface area contributed by atoms with Gasteiger partial charge in [-0.3, -0.25) is 9.78 Å². The summed E-state index contributed by atoms with van der Waals surface area (Å²) in [7, 11) is -1.43. The van der Waals surface area contributed by atoms with Crippen LogP contribution in [0.25, 0.3) is 10.9 Å². The second-order valence-electron chi connectivity index (χ2n) is 8.71. The van der Waals surface area contributed by atoms with Gasteiger partial charge in [0, 0.05) is 54.7 Å². The van der Waals surface area contributed by atoms with Crippen LogP contribution in [0.2, 0.25) is 0 Å². The molecule has 4 aromatic rings. The van der Waals surface area contributed by atoms with Crippen molar-refractivity contribution in [1.29, 1.82) is 0 Å². The van der Waals surface area contributed by atoms with E-state index < -0.39 is 28.5 Å². The number of anilines is 2. The van der Waals surface area contributed by atoms with Crippen LogP contribution in [0.1, 0.15) is 15.9 Å². The number of hydrogen-bond acceptors (Lipinski definition) is 4. The Kier molecular flexibility index (Phi) is 7.13. The Morgan fingerprint density at radius 1 is 0.895 bits per heavy atom. The van der Waals surface area contributed by atoms with Gasteiger partial charge < -0.3 is 10.2 Å². The summed E-state index contributed by atoms with van der Waals surface area (Å²) in [6.07, 6.45) is -3.01. The molecule has 3 aromatic carbocycles. The zero-order valence-corrected chi connectivity index (χ0v) is 20.7. The molecule has 1 aromatic heterocycles. The molecular weight excluding hydrogens is 520 g/mol. The van der Waals surface area contributed by atoms with Crippen molar-refractivity contribution in [1.82, 2.24) is 14.2 Å². The number of carbonyl (C=O) groups excluding carboxylic acids is 1. The van der Waals surface area contributed by atoms with Gasteiger partial charge >= 0.3 is 6.18 Å². The highest BCUT2D eigenvalue weighted by atomic mass is 32.2. The summed E-state index contributed by atoms with van der Waals surface area (Å²) in [6, 6.07) is 17.4. The molecule has 0 radical (unpaired) electrons. The maximum Gasteiger partial charge on any atom is 0.416 e. The molecule has 1 N–H and O–H groups in total. The van der Waals surface area contributed by atoms with E-state index in [1.54, 1.807) is 39.5 Å². The predicted molar refractivity (Wildman–Crippen MR) is 137 cm³/mol. The third-order valence-electron chi connectivity index (χ3n) is 6.26. The quantitative estimate of drug-likeness (QED) is 0.333. The topological polar surface area (TPSA) is 65.5 Å². The third kappa shape index (κ3) is 5.53. The molecular formula is C27H22F4N4O2S. The number of amides is 1. The zero-order chi connectivity index (χ0) is 26.9. The van der Waals surface area contributed by atoms with Crippen molar-refractivity contribution < 1.29 is 26.6 Å². The lowest BCUT2D eigenvalue weighted by molar-refractivity contribution is -0.137. The Morgan fingerprint density at radius 3 is 2.24 bits per heavy atom. The first-order valence-electron chi connectivity index (χ1n) is 11.7. The first-order valence-corrected chi connectivity index (χ1v) is 12.8. The van der Waals surface area contributed by atoms with Gasteiger partial charge in [-0.1, -0.05) is 6.07 Å². The number of nitrogens with one attached hydrogen (secondary N) is 1. The number of hydrogen-bond donors (Lipinski definition) is 1. The van der Waals surface area contributed by atoms with Gasteiger partial charge in [-0.15, -0.1) is 0 Å². The van der Waals surface area contributed by atoms with E-state index in [4.69, 9.17) is 0 Å². The van der Waals surface area contributed by atoms with E-state index in [9.17, 15) is 26.6 Å². The van der Waals surface area contributed by atoms with E-state index in [0.29, 0.717) is 53.4 Å². The SMILES string of the molecule is O=C(c1ccc(Nc2ccnc3cc(C(F)(F)F)ccc23)cc1)N1CCN(S(=O)c2ccc(F)cc2)CC1. The van der Waals surface area contributed by atoms with Crippen LogP contribution in [0.3, 0.4) is 0 Å². The van der Waals surface area contributed by atoms with Crippen LogP contribution in [0.4, 0.5) is 28.9 Å². The number of fused-ring (bicyclic) bond motifs is 1. The van der Waals surface area contributed by atoms with E-state index in [1.165, 1.54) is 36.5 Å². The molecule has 6 nitrogen and oxygen atoms in total. The minimum atomic E-state index is -4.45. The first kappa shape index (κ1) is 25.8. The van der Waals surface area contributed by atoms with Crippen LogP contribution in [0, 0.1) is 5.82 Å². The fraction of sp³-hybridized carbons (Fsp3) is 0.185. The number of nitrogens with zero attached hydrogens (tertiary/aromatic N) is 3. The lowest BCUT2D eigenvalue weighted by Crippen LogP contribution is -2.49. The Morgan fingerprint density at radius 2 is 1.58 bits per heavy atom. The Hall–Kier alpha value is -3.83. The van der Waals surface area contributed by atoms with Crippen molar-refractivity contribution >= 4 is 39.2 Å². The van der Waals surface area contributed by atoms with Crippen molar-refractivity contribution in [3.63, 3.8) is 0 Å². The molecule has 5 rings (SSSR count). The van der Waals surface area contributed by atoms with Crippen LogP contribution in [0.5, 0.6) is 0 Å². The summed E-state index contributed by atoms with van der Waals surface area (Å²) < 4.78 is 66.7. The number of piperazine rings is 1. The van der Waals surface area contributed by atoms with Gasteiger partial charge in [-0.25, -0.2) is 12.9 Å².